The predicted molar refractivity (Wildman–Crippen MR) is 96.2 cm³/mol. The summed E-state index contributed by atoms with van der Waals surface area (Å²) in [5, 5.41) is 4.16. The summed E-state index contributed by atoms with van der Waals surface area (Å²) in [5.41, 5.74) is 3.31. The number of carbonyl (C=O) groups excluding carboxylic acids is 1. The first-order valence-electron chi connectivity index (χ1n) is 8.90. The van der Waals surface area contributed by atoms with Crippen LogP contribution < -0.4 is 0 Å². The zero-order chi connectivity index (χ0) is 17.2. The molecule has 130 valence electrons. The molecular weight excluding hydrogens is 314 g/mol. The number of aromatic nitrogens is 4. The third kappa shape index (κ3) is 3.43. The Hall–Kier alpha value is -2.63. The van der Waals surface area contributed by atoms with Crippen molar-refractivity contribution in [3.8, 4) is 0 Å². The van der Waals surface area contributed by atoms with E-state index in [1.807, 2.05) is 17.2 Å². The summed E-state index contributed by atoms with van der Waals surface area (Å²) in [7, 11) is 0. The number of nitrogens with one attached hydrogen (secondary N) is 1. The molecule has 3 aromatic rings. The molecule has 0 saturated carbocycles. The average molecular weight is 337 g/mol. The van der Waals surface area contributed by atoms with Crippen LogP contribution in [0, 0.1) is 6.92 Å². The van der Waals surface area contributed by atoms with Gasteiger partial charge >= 0.3 is 0 Å². The smallest absolute Gasteiger partial charge is 0.224 e. The number of hydrogen-bond donors (Lipinski definition) is 1. The zero-order valence-corrected chi connectivity index (χ0v) is 14.5. The molecule has 1 amide bonds. The van der Waals surface area contributed by atoms with Crippen LogP contribution in [0.5, 0.6) is 0 Å². The largest absolute Gasteiger partial charge is 0.342 e. The van der Waals surface area contributed by atoms with Crippen molar-refractivity contribution >= 4 is 16.9 Å². The van der Waals surface area contributed by atoms with Gasteiger partial charge in [0.25, 0.3) is 0 Å². The van der Waals surface area contributed by atoms with Crippen LogP contribution in [0.15, 0.2) is 36.7 Å². The second kappa shape index (κ2) is 6.70. The summed E-state index contributed by atoms with van der Waals surface area (Å²) in [6.07, 6.45) is 6.22. The number of aryl methyl sites for hydroxylation is 2. The summed E-state index contributed by atoms with van der Waals surface area (Å²) in [5.74, 6) is 1.49. The minimum Gasteiger partial charge on any atom is -0.342 e. The van der Waals surface area contributed by atoms with Crippen LogP contribution in [-0.4, -0.2) is 43.6 Å². The molecule has 1 N–H and O–H groups in total. The number of likely N-dealkylation sites (tertiary alicyclic amines) is 1. The van der Waals surface area contributed by atoms with Crippen LogP contribution in [-0.2, 0) is 11.3 Å². The number of piperidine rings is 1. The number of carbonyl (C=O) groups is 1. The van der Waals surface area contributed by atoms with Crippen molar-refractivity contribution in [1.29, 1.82) is 0 Å². The van der Waals surface area contributed by atoms with E-state index in [4.69, 9.17) is 4.98 Å². The first-order chi connectivity index (χ1) is 12.2. The predicted octanol–water partition coefficient (Wildman–Crippen LogP) is 2.86. The topological polar surface area (TPSA) is 66.8 Å². The Kier molecular flexibility index (Phi) is 4.26. The second-order valence-corrected chi connectivity index (χ2v) is 6.84. The van der Waals surface area contributed by atoms with Gasteiger partial charge in [0.2, 0.25) is 5.91 Å². The van der Waals surface area contributed by atoms with Gasteiger partial charge in [0.05, 0.1) is 11.0 Å². The molecule has 2 aromatic heterocycles. The summed E-state index contributed by atoms with van der Waals surface area (Å²) in [6, 6.07) is 8.14. The molecule has 0 radical (unpaired) electrons. The van der Waals surface area contributed by atoms with Crippen LogP contribution >= 0.6 is 0 Å². The molecule has 1 aromatic carbocycles. The Morgan fingerprint density at radius 2 is 2.32 bits per heavy atom. The minimum absolute atomic E-state index is 0.201. The maximum absolute atomic E-state index is 12.5. The molecule has 3 heterocycles. The van der Waals surface area contributed by atoms with Gasteiger partial charge in [-0.15, -0.1) is 0 Å². The molecule has 1 aliphatic heterocycles. The maximum Gasteiger partial charge on any atom is 0.224 e. The number of rotatable bonds is 4. The monoisotopic (exact) mass is 337 g/mol. The Balaban J connectivity index is 1.43. The fraction of sp³-hybridized carbons (Fsp3) is 0.421. The normalized spacial score (nSPS) is 18.0. The highest BCUT2D eigenvalue weighted by Crippen LogP contribution is 2.27. The Bertz CT molecular complexity index is 867. The molecule has 1 atom stereocenters. The molecular formula is C19H23N5O. The SMILES string of the molecule is Cc1ccc2nc([C@H]3CCCN(C(=O)CCn4cccn4)C3)[nH]c2c1. The van der Waals surface area contributed by atoms with Gasteiger partial charge in [0.15, 0.2) is 0 Å². The van der Waals surface area contributed by atoms with Crippen LogP contribution in [0.2, 0.25) is 0 Å². The van der Waals surface area contributed by atoms with Gasteiger partial charge in [-0.05, 0) is 43.5 Å². The lowest BCUT2D eigenvalue weighted by Gasteiger charge is -2.32. The van der Waals surface area contributed by atoms with E-state index in [0.29, 0.717) is 13.0 Å². The van der Waals surface area contributed by atoms with E-state index in [-0.39, 0.29) is 11.8 Å². The lowest BCUT2D eigenvalue weighted by atomic mass is 9.97. The van der Waals surface area contributed by atoms with Crippen LogP contribution in [0.3, 0.4) is 0 Å². The van der Waals surface area contributed by atoms with Gasteiger partial charge in [-0.25, -0.2) is 4.98 Å². The van der Waals surface area contributed by atoms with Gasteiger partial charge in [-0.2, -0.15) is 5.10 Å². The number of fused-ring (bicyclic) bond motifs is 1. The van der Waals surface area contributed by atoms with Crippen LogP contribution in [0.25, 0.3) is 11.0 Å². The van der Waals surface area contributed by atoms with E-state index in [1.165, 1.54) is 5.56 Å². The maximum atomic E-state index is 12.5. The van der Waals surface area contributed by atoms with E-state index in [2.05, 4.69) is 35.2 Å². The first-order valence-corrected chi connectivity index (χ1v) is 8.90. The minimum atomic E-state index is 0.201. The van der Waals surface area contributed by atoms with Gasteiger partial charge in [0.1, 0.15) is 5.82 Å². The van der Waals surface area contributed by atoms with Crippen molar-refractivity contribution in [3.63, 3.8) is 0 Å². The highest BCUT2D eigenvalue weighted by molar-refractivity contribution is 5.77. The van der Waals surface area contributed by atoms with Crippen LogP contribution in [0.4, 0.5) is 0 Å². The Labute approximate surface area is 146 Å². The third-order valence-corrected chi connectivity index (χ3v) is 4.93. The van der Waals surface area contributed by atoms with Crippen molar-refractivity contribution in [3.05, 3.63) is 48.0 Å². The number of H-pyrrole nitrogens is 1. The molecule has 6 heteroatoms. The van der Waals surface area contributed by atoms with Crippen molar-refractivity contribution in [1.82, 2.24) is 24.6 Å². The van der Waals surface area contributed by atoms with Crippen LogP contribution in [0.1, 0.15) is 36.6 Å². The lowest BCUT2D eigenvalue weighted by molar-refractivity contribution is -0.132. The Morgan fingerprint density at radius 3 is 3.16 bits per heavy atom. The number of imidazole rings is 1. The lowest BCUT2D eigenvalue weighted by Crippen LogP contribution is -2.39. The van der Waals surface area contributed by atoms with Gasteiger partial charge in [-0.1, -0.05) is 6.07 Å². The fourth-order valence-electron chi connectivity index (χ4n) is 3.56. The molecule has 0 spiro atoms. The highest BCUT2D eigenvalue weighted by atomic mass is 16.2. The number of nitrogens with zero attached hydrogens (tertiary/aromatic N) is 4. The van der Waals surface area contributed by atoms with E-state index in [0.717, 1.165) is 42.8 Å². The third-order valence-electron chi connectivity index (χ3n) is 4.93. The zero-order valence-electron chi connectivity index (χ0n) is 14.5. The highest BCUT2D eigenvalue weighted by Gasteiger charge is 2.26. The molecule has 0 unspecified atom stereocenters. The quantitative estimate of drug-likeness (QED) is 0.796. The van der Waals surface area contributed by atoms with Gasteiger partial charge in [-0.3, -0.25) is 9.48 Å². The number of aromatic amines is 1. The molecule has 4 rings (SSSR count). The first kappa shape index (κ1) is 15.9. The standard InChI is InChI=1S/C19H23N5O/c1-14-5-6-16-17(12-14)22-19(21-16)15-4-2-9-23(13-15)18(25)7-11-24-10-3-8-20-24/h3,5-6,8,10,12,15H,2,4,7,9,11,13H2,1H3,(H,21,22)/t15-/m0/s1. The molecule has 1 saturated heterocycles. The number of benzene rings is 1. The van der Waals surface area contributed by atoms with E-state index in [9.17, 15) is 4.79 Å². The molecule has 1 fully saturated rings. The molecule has 6 nitrogen and oxygen atoms in total. The van der Waals surface area contributed by atoms with E-state index >= 15 is 0 Å². The average Bonchev–Trinajstić information content (AvgIpc) is 3.28. The molecule has 1 aliphatic rings. The summed E-state index contributed by atoms with van der Waals surface area (Å²) < 4.78 is 1.81. The van der Waals surface area contributed by atoms with Crippen molar-refractivity contribution in [2.75, 3.05) is 13.1 Å². The number of amides is 1. The number of hydrogen-bond acceptors (Lipinski definition) is 3. The van der Waals surface area contributed by atoms with Gasteiger partial charge in [0, 0.05) is 44.4 Å². The second-order valence-electron chi connectivity index (χ2n) is 6.84. The van der Waals surface area contributed by atoms with Gasteiger partial charge < -0.3 is 9.88 Å². The van der Waals surface area contributed by atoms with Crippen molar-refractivity contribution in [2.24, 2.45) is 0 Å². The van der Waals surface area contributed by atoms with Crippen molar-refractivity contribution in [2.45, 2.75) is 38.6 Å². The van der Waals surface area contributed by atoms with E-state index in [1.54, 1.807) is 10.9 Å². The molecule has 0 bridgehead atoms. The fourth-order valence-corrected chi connectivity index (χ4v) is 3.56. The molecule has 0 aliphatic carbocycles. The van der Waals surface area contributed by atoms with Crippen molar-refractivity contribution < 1.29 is 4.79 Å². The molecule has 25 heavy (non-hydrogen) atoms. The summed E-state index contributed by atoms with van der Waals surface area (Å²) in [4.78, 5) is 22.7. The van der Waals surface area contributed by atoms with E-state index < -0.39 is 0 Å². The summed E-state index contributed by atoms with van der Waals surface area (Å²) >= 11 is 0. The Morgan fingerprint density at radius 1 is 1.40 bits per heavy atom. The summed E-state index contributed by atoms with van der Waals surface area (Å²) in [6.45, 7) is 4.31.